The predicted molar refractivity (Wildman–Crippen MR) is 86.4 cm³/mol. The summed E-state index contributed by atoms with van der Waals surface area (Å²) in [6.07, 6.45) is 1.97. The molecule has 1 aliphatic rings. The number of aryl methyl sites for hydroxylation is 1. The van der Waals surface area contributed by atoms with Gasteiger partial charge in [0.25, 0.3) is 5.91 Å². The predicted octanol–water partition coefficient (Wildman–Crippen LogP) is 2.20. The van der Waals surface area contributed by atoms with Gasteiger partial charge in [0.1, 0.15) is 5.69 Å². The van der Waals surface area contributed by atoms with Crippen LogP contribution in [0.2, 0.25) is 0 Å². The van der Waals surface area contributed by atoms with Crippen molar-refractivity contribution in [1.82, 2.24) is 15.1 Å². The highest BCUT2D eigenvalue weighted by Gasteiger charge is 2.24. The molecule has 22 heavy (non-hydrogen) atoms. The number of hydrogen-bond donors (Lipinski definition) is 2. The second-order valence-corrected chi connectivity index (χ2v) is 6.00. The summed E-state index contributed by atoms with van der Waals surface area (Å²) >= 11 is 0. The number of likely N-dealkylation sites (tertiary alicyclic amines) is 1. The molecular weight excluding hydrogens is 276 g/mol. The van der Waals surface area contributed by atoms with Crippen molar-refractivity contribution >= 4 is 5.91 Å². The van der Waals surface area contributed by atoms with E-state index in [1.165, 1.54) is 5.56 Å². The molecule has 0 atom stereocenters. The molecule has 0 radical (unpaired) electrons. The van der Waals surface area contributed by atoms with E-state index in [-0.39, 0.29) is 5.91 Å². The van der Waals surface area contributed by atoms with E-state index in [1.54, 1.807) is 0 Å². The van der Waals surface area contributed by atoms with Crippen molar-refractivity contribution in [2.24, 2.45) is 11.7 Å². The number of carbonyl (C=O) groups is 1. The minimum atomic E-state index is 0.0290. The van der Waals surface area contributed by atoms with Crippen LogP contribution in [0.15, 0.2) is 30.3 Å². The third-order valence-corrected chi connectivity index (χ3v) is 4.39. The van der Waals surface area contributed by atoms with E-state index in [0.29, 0.717) is 18.2 Å². The topological polar surface area (TPSA) is 75.0 Å². The molecule has 0 unspecified atom stereocenters. The smallest absolute Gasteiger partial charge is 0.271 e. The molecule has 3 rings (SSSR count). The molecule has 2 heterocycles. The van der Waals surface area contributed by atoms with E-state index in [1.807, 2.05) is 42.2 Å². The summed E-state index contributed by atoms with van der Waals surface area (Å²) in [5.74, 6) is 0.579. The molecule has 1 aliphatic heterocycles. The standard InChI is InChI=1S/C17H22N4O/c1-12-2-4-14(5-3-12)15-10-16(20-19-15)17(22)21-8-6-13(11-18)7-9-21/h2-5,10,13H,6-9,11,18H2,1H3,(H,19,20). The van der Waals surface area contributed by atoms with Gasteiger partial charge in [-0.15, -0.1) is 0 Å². The summed E-state index contributed by atoms with van der Waals surface area (Å²) in [5, 5.41) is 7.15. The molecule has 1 amide bonds. The van der Waals surface area contributed by atoms with Crippen molar-refractivity contribution in [2.75, 3.05) is 19.6 Å². The molecule has 5 nitrogen and oxygen atoms in total. The van der Waals surface area contributed by atoms with Crippen LogP contribution in [0.5, 0.6) is 0 Å². The largest absolute Gasteiger partial charge is 0.337 e. The van der Waals surface area contributed by atoms with Gasteiger partial charge in [0.15, 0.2) is 0 Å². The number of nitrogens with one attached hydrogen (secondary N) is 1. The van der Waals surface area contributed by atoms with E-state index < -0.39 is 0 Å². The van der Waals surface area contributed by atoms with Gasteiger partial charge in [0, 0.05) is 18.7 Å². The summed E-state index contributed by atoms with van der Waals surface area (Å²) in [6, 6.07) is 9.97. The molecule has 2 aromatic rings. The summed E-state index contributed by atoms with van der Waals surface area (Å²) in [6.45, 7) is 4.32. The van der Waals surface area contributed by atoms with Crippen LogP contribution in [-0.2, 0) is 0 Å². The molecule has 5 heteroatoms. The minimum absolute atomic E-state index is 0.0290. The molecule has 0 spiro atoms. The first-order valence-corrected chi connectivity index (χ1v) is 7.79. The number of nitrogens with zero attached hydrogens (tertiary/aromatic N) is 2. The number of aromatic nitrogens is 2. The molecule has 1 fully saturated rings. The first kappa shape index (κ1) is 14.8. The zero-order valence-electron chi connectivity index (χ0n) is 12.9. The van der Waals surface area contributed by atoms with E-state index in [4.69, 9.17) is 5.73 Å². The third-order valence-electron chi connectivity index (χ3n) is 4.39. The summed E-state index contributed by atoms with van der Waals surface area (Å²) in [7, 11) is 0. The van der Waals surface area contributed by atoms with Gasteiger partial charge in [-0.3, -0.25) is 9.89 Å². The van der Waals surface area contributed by atoms with E-state index in [9.17, 15) is 4.79 Å². The van der Waals surface area contributed by atoms with E-state index in [0.717, 1.165) is 37.2 Å². The van der Waals surface area contributed by atoms with Gasteiger partial charge >= 0.3 is 0 Å². The van der Waals surface area contributed by atoms with Gasteiger partial charge in [0.05, 0.1) is 5.69 Å². The summed E-state index contributed by atoms with van der Waals surface area (Å²) in [4.78, 5) is 14.4. The van der Waals surface area contributed by atoms with Gasteiger partial charge in [-0.25, -0.2) is 0 Å². The molecule has 3 N–H and O–H groups in total. The van der Waals surface area contributed by atoms with Crippen LogP contribution < -0.4 is 5.73 Å². The average Bonchev–Trinajstić information content (AvgIpc) is 3.05. The Kier molecular flexibility index (Phi) is 4.24. The molecule has 0 bridgehead atoms. The van der Waals surface area contributed by atoms with Gasteiger partial charge in [-0.1, -0.05) is 29.8 Å². The maximum Gasteiger partial charge on any atom is 0.271 e. The fourth-order valence-corrected chi connectivity index (χ4v) is 2.85. The van der Waals surface area contributed by atoms with Crippen LogP contribution in [0.4, 0.5) is 0 Å². The highest BCUT2D eigenvalue weighted by Crippen LogP contribution is 2.21. The van der Waals surface area contributed by atoms with Gasteiger partial charge in [-0.2, -0.15) is 5.10 Å². The van der Waals surface area contributed by atoms with Gasteiger partial charge in [-0.05, 0) is 38.3 Å². The lowest BCUT2D eigenvalue weighted by molar-refractivity contribution is 0.0687. The van der Waals surface area contributed by atoms with Crippen molar-refractivity contribution in [1.29, 1.82) is 0 Å². The summed E-state index contributed by atoms with van der Waals surface area (Å²) < 4.78 is 0. The van der Waals surface area contributed by atoms with Crippen molar-refractivity contribution in [3.63, 3.8) is 0 Å². The number of piperidine rings is 1. The third kappa shape index (κ3) is 3.04. The first-order chi connectivity index (χ1) is 10.7. The molecule has 116 valence electrons. The molecule has 0 saturated carbocycles. The van der Waals surface area contributed by atoms with Crippen molar-refractivity contribution in [3.05, 3.63) is 41.6 Å². The highest BCUT2D eigenvalue weighted by atomic mass is 16.2. The highest BCUT2D eigenvalue weighted by molar-refractivity contribution is 5.93. The molecule has 1 aromatic heterocycles. The Morgan fingerprint density at radius 2 is 2.00 bits per heavy atom. The number of aromatic amines is 1. The van der Waals surface area contributed by atoms with E-state index >= 15 is 0 Å². The summed E-state index contributed by atoms with van der Waals surface area (Å²) in [5.41, 5.74) is 9.28. The van der Waals surface area contributed by atoms with Crippen molar-refractivity contribution in [3.8, 4) is 11.3 Å². The molecule has 1 aromatic carbocycles. The average molecular weight is 298 g/mol. The van der Waals surface area contributed by atoms with Crippen molar-refractivity contribution < 1.29 is 4.79 Å². The van der Waals surface area contributed by atoms with Crippen LogP contribution >= 0.6 is 0 Å². The molecule has 0 aliphatic carbocycles. The number of benzene rings is 1. The van der Waals surface area contributed by atoms with Gasteiger partial charge < -0.3 is 10.6 Å². The Labute approximate surface area is 130 Å². The Balaban J connectivity index is 1.71. The Morgan fingerprint density at radius 1 is 1.32 bits per heavy atom. The quantitative estimate of drug-likeness (QED) is 0.912. The maximum atomic E-state index is 12.5. The van der Waals surface area contributed by atoms with E-state index in [2.05, 4.69) is 10.2 Å². The van der Waals surface area contributed by atoms with Crippen molar-refractivity contribution in [2.45, 2.75) is 19.8 Å². The SMILES string of the molecule is Cc1ccc(-c2cc(C(=O)N3CCC(CN)CC3)[nH]n2)cc1. The van der Waals surface area contributed by atoms with Crippen LogP contribution in [0.1, 0.15) is 28.9 Å². The lowest BCUT2D eigenvalue weighted by Gasteiger charge is -2.30. The number of rotatable bonds is 3. The lowest BCUT2D eigenvalue weighted by atomic mass is 9.97. The fourth-order valence-electron chi connectivity index (χ4n) is 2.85. The minimum Gasteiger partial charge on any atom is -0.337 e. The lowest BCUT2D eigenvalue weighted by Crippen LogP contribution is -2.40. The number of amides is 1. The zero-order chi connectivity index (χ0) is 15.5. The number of hydrogen-bond acceptors (Lipinski definition) is 3. The van der Waals surface area contributed by atoms with Crippen LogP contribution in [0.3, 0.4) is 0 Å². The monoisotopic (exact) mass is 298 g/mol. The fraction of sp³-hybridized carbons (Fsp3) is 0.412. The van der Waals surface area contributed by atoms with Crippen LogP contribution in [0.25, 0.3) is 11.3 Å². The molecular formula is C17H22N4O. The Morgan fingerprint density at radius 3 is 2.64 bits per heavy atom. The maximum absolute atomic E-state index is 12.5. The van der Waals surface area contributed by atoms with Crippen LogP contribution in [-0.4, -0.2) is 40.6 Å². The molecule has 1 saturated heterocycles. The number of H-pyrrole nitrogens is 1. The second-order valence-electron chi connectivity index (χ2n) is 6.00. The Hall–Kier alpha value is -2.14. The second kappa shape index (κ2) is 6.32. The number of nitrogens with two attached hydrogens (primary N) is 1. The Bertz CT molecular complexity index is 639. The first-order valence-electron chi connectivity index (χ1n) is 7.79. The van der Waals surface area contributed by atoms with Crippen LogP contribution in [0, 0.1) is 12.8 Å². The zero-order valence-corrected chi connectivity index (χ0v) is 12.9. The number of carbonyl (C=O) groups excluding carboxylic acids is 1. The normalized spacial score (nSPS) is 16.0. The van der Waals surface area contributed by atoms with Gasteiger partial charge in [0.2, 0.25) is 0 Å².